The fourth-order valence-electron chi connectivity index (χ4n) is 5.45. The topological polar surface area (TPSA) is 90.5 Å². The number of nitrogens with zero attached hydrogens (tertiary/aromatic N) is 1. The lowest BCUT2D eigenvalue weighted by atomic mass is 9.65. The van der Waals surface area contributed by atoms with Gasteiger partial charge in [0.2, 0.25) is 5.91 Å². The zero-order valence-corrected chi connectivity index (χ0v) is 20.5. The normalized spacial score (nSPS) is 19.8. The van der Waals surface area contributed by atoms with Gasteiger partial charge in [-0.2, -0.15) is 0 Å². The first-order valence-corrected chi connectivity index (χ1v) is 13.7. The van der Waals surface area contributed by atoms with E-state index in [1.165, 1.54) is 0 Å². The minimum atomic E-state index is -4.31. The number of sulfonamides is 1. The van der Waals surface area contributed by atoms with Crippen LogP contribution in [0.3, 0.4) is 0 Å². The molecule has 2 aromatic rings. The molecule has 7 nitrogen and oxygen atoms in total. The van der Waals surface area contributed by atoms with E-state index in [9.17, 15) is 22.0 Å². The van der Waals surface area contributed by atoms with Crippen LogP contribution in [0.15, 0.2) is 35.2 Å². The second-order valence-electron chi connectivity index (χ2n) is 9.78. The van der Waals surface area contributed by atoms with Crippen LogP contribution in [0.4, 0.5) is 25.8 Å². The summed E-state index contributed by atoms with van der Waals surface area (Å²) in [6, 6.07) is 5.85. The Balaban J connectivity index is 1.47. The predicted molar refractivity (Wildman–Crippen MR) is 131 cm³/mol. The van der Waals surface area contributed by atoms with Gasteiger partial charge in [0.1, 0.15) is 16.5 Å². The molecule has 5 rings (SSSR count). The molecular formula is C25H30F2N4O3S. The summed E-state index contributed by atoms with van der Waals surface area (Å²) in [4.78, 5) is 14.7. The molecule has 188 valence electrons. The Morgan fingerprint density at radius 1 is 1.14 bits per heavy atom. The van der Waals surface area contributed by atoms with Crippen molar-refractivity contribution < 1.29 is 22.0 Å². The minimum absolute atomic E-state index is 0.0656. The average Bonchev–Trinajstić information content (AvgIpc) is 3.07. The van der Waals surface area contributed by atoms with Crippen molar-refractivity contribution in [3.63, 3.8) is 0 Å². The predicted octanol–water partition coefficient (Wildman–Crippen LogP) is 4.43. The average molecular weight is 505 g/mol. The standard InChI is InChI=1S/C25H30F2N4O3S/c1-2-10-31-11-6-17(7-12-31)28-21-15-18(14-19-23(21)29-24(32)25(19)8-3-9-25)30-35(33,34)22-5-4-16(26)13-20(22)27/h4-5,13-15,17,28,30H,2-3,6-12H2,1H3,(H,29,32). The first kappa shape index (κ1) is 24.0. The molecule has 1 aliphatic carbocycles. The van der Waals surface area contributed by atoms with Gasteiger partial charge in [0.05, 0.1) is 22.5 Å². The van der Waals surface area contributed by atoms with E-state index in [0.29, 0.717) is 30.3 Å². The van der Waals surface area contributed by atoms with E-state index in [1.807, 2.05) is 0 Å². The first-order chi connectivity index (χ1) is 16.7. The summed E-state index contributed by atoms with van der Waals surface area (Å²) in [6.07, 6.45) is 5.29. The highest BCUT2D eigenvalue weighted by atomic mass is 32.2. The summed E-state index contributed by atoms with van der Waals surface area (Å²) >= 11 is 0. The Kier molecular flexibility index (Phi) is 6.21. The van der Waals surface area contributed by atoms with Crippen molar-refractivity contribution >= 4 is 33.0 Å². The molecule has 0 atom stereocenters. The Morgan fingerprint density at radius 3 is 2.51 bits per heavy atom. The van der Waals surface area contributed by atoms with Gasteiger partial charge < -0.3 is 15.5 Å². The van der Waals surface area contributed by atoms with Gasteiger partial charge in [-0.25, -0.2) is 17.2 Å². The lowest BCUT2D eigenvalue weighted by molar-refractivity contribution is -0.123. The van der Waals surface area contributed by atoms with Crippen LogP contribution in [-0.2, 0) is 20.2 Å². The third-order valence-corrected chi connectivity index (χ3v) is 8.87. The molecule has 0 radical (unpaired) electrons. The molecular weight excluding hydrogens is 474 g/mol. The number of nitrogens with one attached hydrogen (secondary N) is 3. The van der Waals surface area contributed by atoms with Crippen LogP contribution in [-0.4, -0.2) is 44.9 Å². The first-order valence-electron chi connectivity index (χ1n) is 12.2. The fourth-order valence-corrected chi connectivity index (χ4v) is 6.55. The molecule has 2 aromatic carbocycles. The highest BCUT2D eigenvalue weighted by Crippen LogP contribution is 2.54. The van der Waals surface area contributed by atoms with E-state index in [1.54, 1.807) is 12.1 Å². The van der Waals surface area contributed by atoms with Crippen LogP contribution in [0.5, 0.6) is 0 Å². The minimum Gasteiger partial charge on any atom is -0.380 e. The molecule has 1 amide bonds. The van der Waals surface area contributed by atoms with Crippen LogP contribution in [0.1, 0.15) is 51.0 Å². The molecule has 35 heavy (non-hydrogen) atoms. The molecule has 0 bridgehead atoms. The van der Waals surface area contributed by atoms with Gasteiger partial charge in [-0.3, -0.25) is 9.52 Å². The third-order valence-electron chi connectivity index (χ3n) is 7.46. The summed E-state index contributed by atoms with van der Waals surface area (Å²) in [5.41, 5.74) is 1.70. The number of anilines is 3. The zero-order chi connectivity index (χ0) is 24.8. The van der Waals surface area contributed by atoms with Crippen LogP contribution in [0.25, 0.3) is 0 Å². The smallest absolute Gasteiger partial charge is 0.264 e. The summed E-state index contributed by atoms with van der Waals surface area (Å²) in [6.45, 7) is 5.18. The Morgan fingerprint density at radius 2 is 1.89 bits per heavy atom. The highest BCUT2D eigenvalue weighted by Gasteiger charge is 2.52. The number of piperidine rings is 1. The molecule has 0 aromatic heterocycles. The second kappa shape index (κ2) is 9.05. The molecule has 0 unspecified atom stereocenters. The number of amides is 1. The summed E-state index contributed by atoms with van der Waals surface area (Å²) in [7, 11) is -4.31. The largest absolute Gasteiger partial charge is 0.380 e. The van der Waals surface area contributed by atoms with E-state index >= 15 is 0 Å². The van der Waals surface area contributed by atoms with Crippen LogP contribution in [0, 0.1) is 11.6 Å². The maximum atomic E-state index is 14.3. The number of rotatable bonds is 7. The molecule has 2 heterocycles. The monoisotopic (exact) mass is 504 g/mol. The number of carbonyl (C=O) groups is 1. The van der Waals surface area contributed by atoms with E-state index in [2.05, 4.69) is 27.2 Å². The number of halogens is 2. The van der Waals surface area contributed by atoms with Gasteiger partial charge in [-0.1, -0.05) is 13.3 Å². The number of hydrogen-bond acceptors (Lipinski definition) is 5. The van der Waals surface area contributed by atoms with Gasteiger partial charge in [-0.15, -0.1) is 0 Å². The molecule has 1 spiro atoms. The van der Waals surface area contributed by atoms with E-state index < -0.39 is 32.0 Å². The van der Waals surface area contributed by atoms with Gasteiger partial charge in [0.25, 0.3) is 10.0 Å². The van der Waals surface area contributed by atoms with Crippen LogP contribution >= 0.6 is 0 Å². The highest BCUT2D eigenvalue weighted by molar-refractivity contribution is 7.92. The molecule has 1 saturated heterocycles. The van der Waals surface area contributed by atoms with Crippen LogP contribution in [0.2, 0.25) is 0 Å². The number of likely N-dealkylation sites (tertiary alicyclic amines) is 1. The quantitative estimate of drug-likeness (QED) is 0.519. The van der Waals surface area contributed by atoms with Crippen LogP contribution < -0.4 is 15.4 Å². The Labute approximate surface area is 204 Å². The molecule has 2 aliphatic heterocycles. The van der Waals surface area contributed by atoms with E-state index in [4.69, 9.17) is 0 Å². The molecule has 10 heteroatoms. The van der Waals surface area contributed by atoms with E-state index in [-0.39, 0.29) is 17.6 Å². The van der Waals surface area contributed by atoms with Crippen molar-refractivity contribution in [2.45, 2.75) is 61.8 Å². The molecule has 3 N–H and O–H groups in total. The van der Waals surface area contributed by atoms with Gasteiger partial charge in [0, 0.05) is 25.2 Å². The van der Waals surface area contributed by atoms with Gasteiger partial charge >= 0.3 is 0 Å². The van der Waals surface area contributed by atoms with Gasteiger partial charge in [0.15, 0.2) is 0 Å². The lowest BCUT2D eigenvalue weighted by Crippen LogP contribution is -2.40. The summed E-state index contributed by atoms with van der Waals surface area (Å²) in [5, 5.41) is 6.56. The van der Waals surface area contributed by atoms with Crippen molar-refractivity contribution in [3.8, 4) is 0 Å². The Bertz CT molecular complexity index is 1260. The fraction of sp³-hybridized carbons (Fsp3) is 0.480. The number of carbonyl (C=O) groups excluding carboxylic acids is 1. The van der Waals surface area contributed by atoms with E-state index in [0.717, 1.165) is 63.0 Å². The lowest BCUT2D eigenvalue weighted by Gasteiger charge is -2.36. The van der Waals surface area contributed by atoms with Crippen molar-refractivity contribution in [1.29, 1.82) is 0 Å². The van der Waals surface area contributed by atoms with Crippen molar-refractivity contribution in [2.75, 3.05) is 35.0 Å². The van der Waals surface area contributed by atoms with Crippen molar-refractivity contribution in [3.05, 3.63) is 47.5 Å². The third kappa shape index (κ3) is 4.38. The summed E-state index contributed by atoms with van der Waals surface area (Å²) in [5.74, 6) is -2.08. The molecule has 1 saturated carbocycles. The second-order valence-corrected chi connectivity index (χ2v) is 11.4. The SMILES string of the molecule is CCCN1CCC(Nc2cc(NS(=O)(=O)c3ccc(F)cc3F)cc3c2NC(=O)C32CCC2)CC1. The zero-order valence-electron chi connectivity index (χ0n) is 19.7. The number of benzene rings is 2. The molecule has 3 aliphatic rings. The number of fused-ring (bicyclic) bond motifs is 2. The molecule has 2 fully saturated rings. The van der Waals surface area contributed by atoms with Gasteiger partial charge in [-0.05, 0) is 68.5 Å². The van der Waals surface area contributed by atoms with Crippen molar-refractivity contribution in [2.24, 2.45) is 0 Å². The maximum absolute atomic E-state index is 14.3. The number of hydrogen-bond donors (Lipinski definition) is 3. The Hall–Kier alpha value is -2.72. The van der Waals surface area contributed by atoms with Crippen molar-refractivity contribution in [1.82, 2.24) is 4.90 Å². The summed E-state index contributed by atoms with van der Waals surface area (Å²) < 4.78 is 55.9. The maximum Gasteiger partial charge on any atom is 0.264 e.